The van der Waals surface area contributed by atoms with E-state index in [1.54, 1.807) is 25.2 Å². The number of hydrogen-bond donors (Lipinski definition) is 2. The Labute approximate surface area is 168 Å². The van der Waals surface area contributed by atoms with E-state index in [2.05, 4.69) is 11.9 Å². The maximum Gasteiger partial charge on any atom is 0.335 e. The maximum absolute atomic E-state index is 12.4. The number of carboxylic acid groups (broad SMARTS) is 1. The van der Waals surface area contributed by atoms with Gasteiger partial charge in [0.1, 0.15) is 0 Å². The van der Waals surface area contributed by atoms with Crippen LogP contribution in [-0.2, 0) is 16.0 Å². The summed E-state index contributed by atoms with van der Waals surface area (Å²) in [6, 6.07) is 12.4. The maximum atomic E-state index is 12.4. The van der Waals surface area contributed by atoms with Crippen LogP contribution in [0.3, 0.4) is 0 Å². The second-order valence-electron chi connectivity index (χ2n) is 7.37. The van der Waals surface area contributed by atoms with Crippen LogP contribution >= 0.6 is 0 Å². The summed E-state index contributed by atoms with van der Waals surface area (Å²) < 4.78 is 0. The highest BCUT2D eigenvalue weighted by Gasteiger charge is 2.32. The number of carboxylic acids is 1. The Morgan fingerprint density at radius 1 is 1.14 bits per heavy atom. The first-order chi connectivity index (χ1) is 13.8. The number of piperazine rings is 1. The molecule has 4 rings (SSSR count). The Kier molecular flexibility index (Phi) is 4.58. The van der Waals surface area contributed by atoms with E-state index in [4.69, 9.17) is 0 Å². The molecule has 1 saturated heterocycles. The van der Waals surface area contributed by atoms with Gasteiger partial charge in [0.25, 0.3) is 0 Å². The van der Waals surface area contributed by atoms with E-state index in [1.165, 1.54) is 9.80 Å². The van der Waals surface area contributed by atoms with E-state index in [1.807, 2.05) is 24.3 Å². The van der Waals surface area contributed by atoms with Crippen LogP contribution in [0, 0.1) is 0 Å². The molecule has 148 valence electrons. The summed E-state index contributed by atoms with van der Waals surface area (Å²) in [4.78, 5) is 38.6. The number of hydrogen-bond acceptors (Lipinski definition) is 4. The van der Waals surface area contributed by atoms with Crippen LogP contribution in [0.25, 0.3) is 0 Å². The number of carbonyl (C=O) groups is 3. The van der Waals surface area contributed by atoms with E-state index in [9.17, 15) is 19.5 Å². The summed E-state index contributed by atoms with van der Waals surface area (Å²) in [7, 11) is 1.62. The number of rotatable bonds is 3. The van der Waals surface area contributed by atoms with Crippen molar-refractivity contribution in [2.45, 2.75) is 12.5 Å². The van der Waals surface area contributed by atoms with Crippen molar-refractivity contribution in [2.24, 2.45) is 0 Å². The number of anilines is 2. The molecule has 0 spiro atoms. The van der Waals surface area contributed by atoms with Crippen LogP contribution in [0.4, 0.5) is 11.4 Å². The van der Waals surface area contributed by atoms with Gasteiger partial charge in [-0.3, -0.25) is 9.59 Å². The van der Waals surface area contributed by atoms with Crippen LogP contribution in [-0.4, -0.2) is 47.9 Å². The quantitative estimate of drug-likeness (QED) is 0.620. The minimum Gasteiger partial charge on any atom is -0.478 e. The topological polar surface area (TPSA) is 89.9 Å². The number of fused-ring (bicyclic) bond motifs is 1. The monoisotopic (exact) mass is 391 g/mol. The molecule has 0 aromatic heterocycles. The molecule has 2 amide bonds. The number of amides is 2. The molecule has 2 aliphatic rings. The molecule has 7 heteroatoms. The number of aromatic carboxylic acids is 1. The van der Waals surface area contributed by atoms with Crippen molar-refractivity contribution in [3.8, 4) is 0 Å². The molecule has 1 atom stereocenters. The summed E-state index contributed by atoms with van der Waals surface area (Å²) in [5.74, 6) is -2.00. The van der Waals surface area contributed by atoms with E-state index < -0.39 is 17.8 Å². The SMILES string of the molecule is C=C1Cc2cc(C(=O)O)ccc2NC1c1cccc(N2CCN(C)C(=O)C2=O)c1. The molecule has 0 aliphatic carbocycles. The molecule has 2 heterocycles. The van der Waals surface area contributed by atoms with E-state index >= 15 is 0 Å². The van der Waals surface area contributed by atoms with Crippen molar-refractivity contribution in [1.29, 1.82) is 0 Å². The largest absolute Gasteiger partial charge is 0.478 e. The Hall–Kier alpha value is -3.61. The van der Waals surface area contributed by atoms with Gasteiger partial charge in [-0.05, 0) is 53.5 Å². The van der Waals surface area contributed by atoms with Gasteiger partial charge in [0.2, 0.25) is 0 Å². The lowest BCUT2D eigenvalue weighted by Crippen LogP contribution is -2.53. The zero-order valence-corrected chi connectivity index (χ0v) is 16.0. The van der Waals surface area contributed by atoms with Crippen molar-refractivity contribution in [3.63, 3.8) is 0 Å². The number of benzene rings is 2. The molecule has 2 N–H and O–H groups in total. The fourth-order valence-electron chi connectivity index (χ4n) is 3.79. The smallest absolute Gasteiger partial charge is 0.335 e. The highest BCUT2D eigenvalue weighted by molar-refractivity contribution is 6.40. The second-order valence-corrected chi connectivity index (χ2v) is 7.37. The third kappa shape index (κ3) is 3.35. The van der Waals surface area contributed by atoms with Crippen LogP contribution in [0.1, 0.15) is 27.5 Å². The molecule has 0 bridgehead atoms. The minimum absolute atomic E-state index is 0.170. The van der Waals surface area contributed by atoms with Gasteiger partial charge in [-0.2, -0.15) is 0 Å². The Balaban J connectivity index is 1.62. The summed E-state index contributed by atoms with van der Waals surface area (Å²) in [6.45, 7) is 5.11. The van der Waals surface area contributed by atoms with Crippen LogP contribution in [0.15, 0.2) is 54.6 Å². The predicted molar refractivity (Wildman–Crippen MR) is 109 cm³/mol. The van der Waals surface area contributed by atoms with Gasteiger partial charge in [0.15, 0.2) is 0 Å². The first kappa shape index (κ1) is 18.7. The van der Waals surface area contributed by atoms with Gasteiger partial charge in [-0.1, -0.05) is 18.7 Å². The summed E-state index contributed by atoms with van der Waals surface area (Å²) in [6.07, 6.45) is 0.560. The molecule has 2 aromatic rings. The lowest BCUT2D eigenvalue weighted by atomic mass is 9.88. The number of nitrogens with one attached hydrogen (secondary N) is 1. The Morgan fingerprint density at radius 2 is 1.93 bits per heavy atom. The van der Waals surface area contributed by atoms with Crippen molar-refractivity contribution in [3.05, 3.63) is 71.3 Å². The molecule has 2 aliphatic heterocycles. The van der Waals surface area contributed by atoms with Crippen molar-refractivity contribution in [2.75, 3.05) is 30.4 Å². The lowest BCUT2D eigenvalue weighted by Gasteiger charge is -2.33. The fraction of sp³-hybridized carbons (Fsp3) is 0.227. The van der Waals surface area contributed by atoms with Gasteiger partial charge in [-0.25, -0.2) is 4.79 Å². The van der Waals surface area contributed by atoms with Crippen molar-refractivity contribution < 1.29 is 19.5 Å². The van der Waals surface area contributed by atoms with Gasteiger partial charge >= 0.3 is 17.8 Å². The van der Waals surface area contributed by atoms with Gasteiger partial charge in [-0.15, -0.1) is 0 Å². The van der Waals surface area contributed by atoms with Gasteiger partial charge < -0.3 is 20.2 Å². The molecule has 0 saturated carbocycles. The molecular weight excluding hydrogens is 370 g/mol. The van der Waals surface area contributed by atoms with Crippen LogP contribution in [0.2, 0.25) is 0 Å². The van der Waals surface area contributed by atoms with Crippen LogP contribution < -0.4 is 10.2 Å². The van der Waals surface area contributed by atoms with E-state index in [0.717, 1.165) is 22.4 Å². The molecule has 29 heavy (non-hydrogen) atoms. The fourth-order valence-corrected chi connectivity index (χ4v) is 3.79. The highest BCUT2D eigenvalue weighted by atomic mass is 16.4. The first-order valence-corrected chi connectivity index (χ1v) is 9.32. The number of likely N-dealkylation sites (N-methyl/N-ethyl adjacent to an activating group) is 1. The van der Waals surface area contributed by atoms with E-state index in [-0.39, 0.29) is 11.6 Å². The van der Waals surface area contributed by atoms with Crippen molar-refractivity contribution in [1.82, 2.24) is 4.90 Å². The van der Waals surface area contributed by atoms with Gasteiger partial charge in [0, 0.05) is 31.5 Å². The zero-order chi connectivity index (χ0) is 20.7. The molecule has 7 nitrogen and oxygen atoms in total. The Bertz CT molecular complexity index is 1050. The number of nitrogens with zero attached hydrogens (tertiary/aromatic N) is 2. The molecule has 1 fully saturated rings. The summed E-state index contributed by atoms with van der Waals surface area (Å²) in [5, 5.41) is 12.6. The predicted octanol–water partition coefficient (Wildman–Crippen LogP) is 2.46. The lowest BCUT2D eigenvalue weighted by molar-refractivity contribution is -0.145. The Morgan fingerprint density at radius 3 is 2.69 bits per heavy atom. The highest BCUT2D eigenvalue weighted by Crippen LogP contribution is 2.37. The molecule has 1 unspecified atom stereocenters. The molecule has 2 aromatic carbocycles. The normalized spacial score (nSPS) is 19.1. The van der Waals surface area contributed by atoms with Crippen LogP contribution in [0.5, 0.6) is 0 Å². The summed E-state index contributed by atoms with van der Waals surface area (Å²) in [5.41, 5.74) is 4.51. The second kappa shape index (κ2) is 7.09. The minimum atomic E-state index is -0.959. The molecule has 0 radical (unpaired) electrons. The average Bonchev–Trinajstić information content (AvgIpc) is 2.71. The zero-order valence-electron chi connectivity index (χ0n) is 16.0. The third-order valence-corrected chi connectivity index (χ3v) is 5.43. The average molecular weight is 391 g/mol. The third-order valence-electron chi connectivity index (χ3n) is 5.43. The first-order valence-electron chi connectivity index (χ1n) is 9.32. The van der Waals surface area contributed by atoms with Gasteiger partial charge in [0.05, 0.1) is 11.6 Å². The number of carbonyl (C=O) groups excluding carboxylic acids is 2. The van der Waals surface area contributed by atoms with E-state index in [0.29, 0.717) is 25.2 Å². The van der Waals surface area contributed by atoms with Crippen molar-refractivity contribution >= 4 is 29.2 Å². The summed E-state index contributed by atoms with van der Waals surface area (Å²) >= 11 is 0. The standard InChI is InChI=1S/C22H21N3O4/c1-13-10-16-11-15(22(28)29)6-7-18(16)23-19(13)14-4-3-5-17(12-14)25-9-8-24(2)20(26)21(25)27/h3-7,11-12,19,23H,1,8-10H2,2H3,(H,28,29). The molecular formula is C22H21N3O4.